The smallest absolute Gasteiger partial charge is 0.200 e. The summed E-state index contributed by atoms with van der Waals surface area (Å²) in [6.07, 6.45) is 0.726. The zero-order valence-corrected chi connectivity index (χ0v) is 8.19. The van der Waals surface area contributed by atoms with Gasteiger partial charge in [0.05, 0.1) is 6.61 Å². The number of Topliss-reactive ketones (excluding diaryl/α,β-unsaturated/α-hetero) is 1. The lowest BCUT2D eigenvalue weighted by atomic mass is 10.4. The molecule has 66 valence electrons. The molecule has 0 amide bonds. The van der Waals surface area contributed by atoms with Crippen LogP contribution in [0.5, 0.6) is 0 Å². The Morgan fingerprint density at radius 2 is 2.09 bits per heavy atom. The van der Waals surface area contributed by atoms with E-state index in [-0.39, 0.29) is 5.78 Å². The number of carbonyl (C=O) groups is 1. The van der Waals surface area contributed by atoms with Gasteiger partial charge in [-0.25, -0.2) is 0 Å². The summed E-state index contributed by atoms with van der Waals surface area (Å²) in [7, 11) is -2.47. The minimum atomic E-state index is -2.47. The van der Waals surface area contributed by atoms with Crippen LogP contribution in [0.4, 0.5) is 0 Å². The van der Waals surface area contributed by atoms with E-state index in [9.17, 15) is 9.36 Å². The average molecular weight is 178 g/mol. The van der Waals surface area contributed by atoms with Crippen LogP contribution in [0.15, 0.2) is 0 Å². The molecule has 4 heteroatoms. The summed E-state index contributed by atoms with van der Waals surface area (Å²) in [6, 6.07) is 0. The molecule has 11 heavy (non-hydrogen) atoms. The van der Waals surface area contributed by atoms with Crippen LogP contribution in [0.1, 0.15) is 20.3 Å². The second-order valence-electron chi connectivity index (χ2n) is 2.61. The van der Waals surface area contributed by atoms with Gasteiger partial charge >= 0.3 is 0 Å². The second kappa shape index (κ2) is 4.68. The second-order valence-corrected chi connectivity index (χ2v) is 5.34. The van der Waals surface area contributed by atoms with Gasteiger partial charge in [-0.2, -0.15) is 0 Å². The highest BCUT2D eigenvalue weighted by Gasteiger charge is 2.14. The van der Waals surface area contributed by atoms with Crippen molar-refractivity contribution in [3.63, 3.8) is 0 Å². The van der Waals surface area contributed by atoms with Crippen LogP contribution in [0.25, 0.3) is 0 Å². The van der Waals surface area contributed by atoms with Gasteiger partial charge in [0.15, 0.2) is 0 Å². The lowest BCUT2D eigenvalue weighted by Gasteiger charge is -2.10. The standard InChI is InChI=1S/C7H15O3P/c1-4-10-11(3,9)6-5-7(2)8/h4-6H2,1-3H3. The Hall–Kier alpha value is -0.140. The van der Waals surface area contributed by atoms with E-state index in [1.807, 2.05) is 0 Å². The minimum absolute atomic E-state index is 0.0618. The average Bonchev–Trinajstić information content (AvgIpc) is 1.84. The largest absolute Gasteiger partial charge is 0.329 e. The zero-order valence-electron chi connectivity index (χ0n) is 7.29. The molecule has 0 aliphatic rings. The Kier molecular flexibility index (Phi) is 4.62. The van der Waals surface area contributed by atoms with Crippen LogP contribution in [-0.4, -0.2) is 25.2 Å². The maximum Gasteiger partial charge on any atom is 0.200 e. The fourth-order valence-electron chi connectivity index (χ4n) is 0.698. The highest BCUT2D eigenvalue weighted by molar-refractivity contribution is 7.58. The van der Waals surface area contributed by atoms with E-state index in [0.717, 1.165) is 0 Å². The van der Waals surface area contributed by atoms with Crippen molar-refractivity contribution in [2.75, 3.05) is 19.4 Å². The van der Waals surface area contributed by atoms with E-state index < -0.39 is 7.37 Å². The van der Waals surface area contributed by atoms with Crippen LogP contribution in [0, 0.1) is 0 Å². The van der Waals surface area contributed by atoms with E-state index in [1.54, 1.807) is 13.6 Å². The Morgan fingerprint density at radius 3 is 2.45 bits per heavy atom. The van der Waals surface area contributed by atoms with Gasteiger partial charge in [0, 0.05) is 19.2 Å². The van der Waals surface area contributed by atoms with Gasteiger partial charge in [-0.15, -0.1) is 0 Å². The summed E-state index contributed by atoms with van der Waals surface area (Å²) in [5.41, 5.74) is 0. The van der Waals surface area contributed by atoms with Crippen molar-refractivity contribution in [3.05, 3.63) is 0 Å². The van der Waals surface area contributed by atoms with Crippen LogP contribution in [0.2, 0.25) is 0 Å². The Morgan fingerprint density at radius 1 is 1.55 bits per heavy atom. The van der Waals surface area contributed by atoms with E-state index >= 15 is 0 Å². The summed E-state index contributed by atoms with van der Waals surface area (Å²) < 4.78 is 16.3. The summed E-state index contributed by atoms with van der Waals surface area (Å²) >= 11 is 0. The molecule has 1 unspecified atom stereocenters. The lowest BCUT2D eigenvalue weighted by Crippen LogP contribution is -1.98. The summed E-state index contributed by atoms with van der Waals surface area (Å²) in [4.78, 5) is 10.5. The van der Waals surface area contributed by atoms with Gasteiger partial charge in [0.25, 0.3) is 0 Å². The van der Waals surface area contributed by atoms with Gasteiger partial charge in [0.1, 0.15) is 5.78 Å². The third-order valence-electron chi connectivity index (χ3n) is 1.27. The molecule has 0 aromatic carbocycles. The molecule has 0 radical (unpaired) electrons. The van der Waals surface area contributed by atoms with Crippen LogP contribution in [0.3, 0.4) is 0 Å². The highest BCUT2D eigenvalue weighted by Crippen LogP contribution is 2.42. The first-order valence-electron chi connectivity index (χ1n) is 3.68. The fourth-order valence-corrected chi connectivity index (χ4v) is 2.09. The Labute approximate surface area is 67.6 Å². The number of ketones is 1. The third kappa shape index (κ3) is 6.27. The summed E-state index contributed by atoms with van der Waals surface area (Å²) in [5.74, 6) is 0.0618. The van der Waals surface area contributed by atoms with Crippen LogP contribution < -0.4 is 0 Å². The van der Waals surface area contributed by atoms with Crippen LogP contribution >= 0.6 is 7.37 Å². The highest BCUT2D eigenvalue weighted by atomic mass is 31.2. The molecule has 0 aliphatic carbocycles. The number of hydrogen-bond acceptors (Lipinski definition) is 3. The lowest BCUT2D eigenvalue weighted by molar-refractivity contribution is -0.116. The molecule has 0 aromatic heterocycles. The van der Waals surface area contributed by atoms with Gasteiger partial charge in [0.2, 0.25) is 7.37 Å². The number of hydrogen-bond donors (Lipinski definition) is 0. The van der Waals surface area contributed by atoms with Gasteiger partial charge in [-0.1, -0.05) is 0 Å². The van der Waals surface area contributed by atoms with Crippen molar-refractivity contribution in [2.45, 2.75) is 20.3 Å². The number of rotatable bonds is 5. The molecular weight excluding hydrogens is 163 g/mol. The molecule has 0 fully saturated rings. The van der Waals surface area contributed by atoms with Crippen molar-refractivity contribution in [2.24, 2.45) is 0 Å². The van der Waals surface area contributed by atoms with Crippen molar-refractivity contribution >= 4 is 13.2 Å². The molecule has 0 saturated carbocycles. The first kappa shape index (κ1) is 10.9. The Bertz CT molecular complexity index is 177. The molecule has 0 spiro atoms. The van der Waals surface area contributed by atoms with E-state index in [2.05, 4.69) is 0 Å². The molecule has 0 heterocycles. The normalized spacial score (nSPS) is 15.9. The van der Waals surface area contributed by atoms with Gasteiger partial charge in [-0.05, 0) is 13.8 Å². The molecular formula is C7H15O3P. The van der Waals surface area contributed by atoms with Crippen molar-refractivity contribution in [1.82, 2.24) is 0 Å². The van der Waals surface area contributed by atoms with Crippen LogP contribution in [-0.2, 0) is 13.9 Å². The maximum atomic E-state index is 11.3. The van der Waals surface area contributed by atoms with E-state index in [4.69, 9.17) is 4.52 Å². The predicted molar refractivity (Wildman–Crippen MR) is 45.3 cm³/mol. The molecule has 0 aliphatic heterocycles. The quantitative estimate of drug-likeness (QED) is 0.604. The maximum absolute atomic E-state index is 11.3. The molecule has 0 rings (SSSR count). The van der Waals surface area contributed by atoms with Crippen molar-refractivity contribution in [1.29, 1.82) is 0 Å². The molecule has 0 aromatic rings. The first-order chi connectivity index (χ1) is 4.98. The van der Waals surface area contributed by atoms with Gasteiger partial charge in [-0.3, -0.25) is 4.57 Å². The number of carbonyl (C=O) groups excluding carboxylic acids is 1. The minimum Gasteiger partial charge on any atom is -0.329 e. The zero-order chi connectivity index (χ0) is 8.91. The summed E-state index contributed by atoms with van der Waals surface area (Å²) in [6.45, 7) is 5.31. The monoisotopic (exact) mass is 178 g/mol. The molecule has 0 bridgehead atoms. The van der Waals surface area contributed by atoms with Crippen molar-refractivity contribution in [3.8, 4) is 0 Å². The molecule has 3 nitrogen and oxygen atoms in total. The van der Waals surface area contributed by atoms with Crippen molar-refractivity contribution < 1.29 is 13.9 Å². The van der Waals surface area contributed by atoms with E-state index in [0.29, 0.717) is 19.2 Å². The Balaban J connectivity index is 3.73. The molecule has 1 atom stereocenters. The molecule has 0 N–H and O–H groups in total. The topological polar surface area (TPSA) is 43.4 Å². The predicted octanol–water partition coefficient (Wildman–Crippen LogP) is 1.91. The third-order valence-corrected chi connectivity index (χ3v) is 3.11. The fraction of sp³-hybridized carbons (Fsp3) is 0.857. The van der Waals surface area contributed by atoms with Gasteiger partial charge < -0.3 is 9.32 Å². The first-order valence-corrected chi connectivity index (χ1v) is 5.94. The molecule has 0 saturated heterocycles. The SMILES string of the molecule is CCOP(C)(=O)CCC(C)=O. The summed E-state index contributed by atoms with van der Waals surface area (Å²) in [5, 5.41) is 0. The van der Waals surface area contributed by atoms with E-state index in [1.165, 1.54) is 6.92 Å².